The molecule has 0 radical (unpaired) electrons. The number of nitrogens with zero attached hydrogens (tertiary/aromatic N) is 4. The Morgan fingerprint density at radius 1 is 1.17 bits per heavy atom. The van der Waals surface area contributed by atoms with Crippen LogP contribution < -0.4 is 0 Å². The van der Waals surface area contributed by atoms with E-state index in [-0.39, 0.29) is 11.1 Å². The van der Waals surface area contributed by atoms with Crippen LogP contribution in [0, 0.1) is 5.82 Å². The molecule has 1 aromatic heterocycles. The topological polar surface area (TPSA) is 77.7 Å². The van der Waals surface area contributed by atoms with Gasteiger partial charge in [0.25, 0.3) is 0 Å². The van der Waals surface area contributed by atoms with Crippen LogP contribution in [0.25, 0.3) is 0 Å². The van der Waals surface area contributed by atoms with Crippen LogP contribution in [0.2, 0.25) is 0 Å². The maximum absolute atomic E-state index is 15.5. The molecule has 2 aliphatic heterocycles. The van der Waals surface area contributed by atoms with Crippen molar-refractivity contribution in [2.75, 3.05) is 33.9 Å². The standard InChI is InChI=1S/C27H33FN4O3S/c1-31(2)19-25-29-26(30-35-25)27(12-15-34-16-13-27)22-11-10-21(23(28)17-22)18-32-14-6-9-24(36(32)33)20-7-4-3-5-8-20/h3-5,7-8,10-11,17,24H,6,9,12-16,18-19H2,1-2H3/t24-,36?/m1/s1. The Morgan fingerprint density at radius 2 is 1.94 bits per heavy atom. The summed E-state index contributed by atoms with van der Waals surface area (Å²) in [5.74, 6) is 0.824. The first-order valence-electron chi connectivity index (χ1n) is 12.5. The minimum atomic E-state index is -1.21. The Kier molecular flexibility index (Phi) is 7.73. The average Bonchev–Trinajstić information content (AvgIpc) is 3.35. The van der Waals surface area contributed by atoms with Crippen LogP contribution in [0.3, 0.4) is 0 Å². The number of benzene rings is 2. The first-order chi connectivity index (χ1) is 17.5. The molecule has 3 heterocycles. The van der Waals surface area contributed by atoms with E-state index in [1.165, 1.54) is 0 Å². The third-order valence-electron chi connectivity index (χ3n) is 7.19. The summed E-state index contributed by atoms with van der Waals surface area (Å²) in [6.07, 6.45) is 3.12. The van der Waals surface area contributed by atoms with Gasteiger partial charge in [-0.1, -0.05) is 47.6 Å². The molecule has 0 amide bonds. The molecule has 0 aliphatic carbocycles. The largest absolute Gasteiger partial charge is 0.597 e. The number of ether oxygens (including phenoxy) is 1. The van der Waals surface area contributed by atoms with E-state index in [9.17, 15) is 4.55 Å². The van der Waals surface area contributed by atoms with Gasteiger partial charge in [-0.05, 0) is 45.0 Å². The normalized spacial score (nSPS) is 22.7. The molecule has 2 aromatic carbocycles. The van der Waals surface area contributed by atoms with Gasteiger partial charge in [0.1, 0.15) is 5.82 Å². The fraction of sp³-hybridized carbons (Fsp3) is 0.481. The molecule has 2 fully saturated rings. The van der Waals surface area contributed by atoms with Crippen molar-refractivity contribution in [3.05, 3.63) is 82.8 Å². The summed E-state index contributed by atoms with van der Waals surface area (Å²) >= 11 is -1.21. The molecule has 1 unspecified atom stereocenters. The molecule has 0 N–H and O–H groups in total. The lowest BCUT2D eigenvalue weighted by atomic mass is 9.73. The van der Waals surface area contributed by atoms with Crippen molar-refractivity contribution >= 4 is 11.4 Å². The number of rotatable bonds is 7. The van der Waals surface area contributed by atoms with Crippen molar-refractivity contribution in [1.82, 2.24) is 19.3 Å². The Morgan fingerprint density at radius 3 is 2.67 bits per heavy atom. The fourth-order valence-electron chi connectivity index (χ4n) is 5.23. The summed E-state index contributed by atoms with van der Waals surface area (Å²) in [4.78, 5) is 6.64. The third kappa shape index (κ3) is 5.21. The van der Waals surface area contributed by atoms with Gasteiger partial charge in [-0.15, -0.1) is 4.31 Å². The predicted octanol–water partition coefficient (Wildman–Crippen LogP) is 4.37. The van der Waals surface area contributed by atoms with Crippen molar-refractivity contribution < 1.29 is 18.2 Å². The fourth-order valence-corrected chi connectivity index (χ4v) is 6.92. The zero-order valence-electron chi connectivity index (χ0n) is 20.9. The Labute approximate surface area is 214 Å². The van der Waals surface area contributed by atoms with E-state index in [1.54, 1.807) is 6.07 Å². The average molecular weight is 513 g/mol. The summed E-state index contributed by atoms with van der Waals surface area (Å²) in [7, 11) is 3.89. The zero-order chi connectivity index (χ0) is 25.1. The maximum atomic E-state index is 15.5. The molecule has 0 bridgehead atoms. The molecule has 36 heavy (non-hydrogen) atoms. The molecule has 9 heteroatoms. The van der Waals surface area contributed by atoms with Gasteiger partial charge >= 0.3 is 0 Å². The molecule has 3 aromatic rings. The second-order valence-corrected chi connectivity index (χ2v) is 11.6. The van der Waals surface area contributed by atoms with Crippen LogP contribution in [0.1, 0.15) is 59.3 Å². The van der Waals surface area contributed by atoms with Gasteiger partial charge < -0.3 is 18.7 Å². The van der Waals surface area contributed by atoms with Gasteiger partial charge in [-0.2, -0.15) is 4.98 Å². The van der Waals surface area contributed by atoms with Crippen LogP contribution in [-0.2, 0) is 34.6 Å². The lowest BCUT2D eigenvalue weighted by Gasteiger charge is -2.36. The van der Waals surface area contributed by atoms with Crippen molar-refractivity contribution in [3.8, 4) is 0 Å². The van der Waals surface area contributed by atoms with E-state index in [2.05, 4.69) is 10.1 Å². The molecule has 2 saturated heterocycles. The highest BCUT2D eigenvalue weighted by molar-refractivity contribution is 7.89. The minimum absolute atomic E-state index is 0.0533. The van der Waals surface area contributed by atoms with E-state index < -0.39 is 16.8 Å². The van der Waals surface area contributed by atoms with Crippen molar-refractivity contribution in [3.63, 3.8) is 0 Å². The van der Waals surface area contributed by atoms with Crippen LogP contribution >= 0.6 is 0 Å². The number of halogens is 1. The highest BCUT2D eigenvalue weighted by atomic mass is 32.2. The third-order valence-corrected chi connectivity index (χ3v) is 9.00. The van der Waals surface area contributed by atoms with Gasteiger partial charge in [0.2, 0.25) is 5.89 Å². The molecule has 0 spiro atoms. The molecule has 5 rings (SSSR count). The molecular formula is C27H33FN4O3S. The molecule has 7 nitrogen and oxygen atoms in total. The number of hydrogen-bond donors (Lipinski definition) is 0. The van der Waals surface area contributed by atoms with E-state index >= 15 is 4.39 Å². The van der Waals surface area contributed by atoms with E-state index in [4.69, 9.17) is 9.26 Å². The lowest BCUT2D eigenvalue weighted by Crippen LogP contribution is -2.39. The predicted molar refractivity (Wildman–Crippen MR) is 136 cm³/mol. The highest BCUT2D eigenvalue weighted by Crippen LogP contribution is 2.41. The van der Waals surface area contributed by atoms with Gasteiger partial charge in [0, 0.05) is 48.7 Å². The maximum Gasteiger partial charge on any atom is 0.240 e. The second-order valence-electron chi connectivity index (χ2n) is 9.93. The molecule has 2 atom stereocenters. The number of aromatic nitrogens is 2. The first-order valence-corrected chi connectivity index (χ1v) is 13.7. The van der Waals surface area contributed by atoms with Gasteiger partial charge in [-0.25, -0.2) is 4.39 Å². The first kappa shape index (κ1) is 25.4. The summed E-state index contributed by atoms with van der Waals surface area (Å²) in [6.45, 7) is 2.65. The quantitative estimate of drug-likeness (QED) is 0.435. The minimum Gasteiger partial charge on any atom is -0.597 e. The van der Waals surface area contributed by atoms with Gasteiger partial charge in [0.05, 0.1) is 18.5 Å². The summed E-state index contributed by atoms with van der Waals surface area (Å²) < 4.78 is 41.9. The SMILES string of the molecule is CN(C)Cc1nc(C2(c3ccc(CN4CCC[C@H](c5ccccc5)[S+]4[O-])c(F)c3)CCOCC2)no1. The van der Waals surface area contributed by atoms with E-state index in [0.717, 1.165) is 24.0 Å². The van der Waals surface area contributed by atoms with Crippen LogP contribution in [-0.4, -0.2) is 57.8 Å². The van der Waals surface area contributed by atoms with E-state index in [0.29, 0.717) is 63.0 Å². The number of hydrogen-bond acceptors (Lipinski definition) is 7. The van der Waals surface area contributed by atoms with Crippen LogP contribution in [0.4, 0.5) is 4.39 Å². The van der Waals surface area contributed by atoms with Crippen LogP contribution in [0.15, 0.2) is 53.1 Å². The summed E-state index contributed by atoms with van der Waals surface area (Å²) in [5, 5.41) is 4.24. The Hall–Kier alpha value is -2.30. The lowest BCUT2D eigenvalue weighted by molar-refractivity contribution is 0.0596. The molecular weight excluding hydrogens is 479 g/mol. The Bertz CT molecular complexity index is 1150. The summed E-state index contributed by atoms with van der Waals surface area (Å²) in [5.41, 5.74) is 1.89. The van der Waals surface area contributed by atoms with Crippen LogP contribution in [0.5, 0.6) is 0 Å². The van der Waals surface area contributed by atoms with Gasteiger partial charge in [0.15, 0.2) is 11.1 Å². The highest BCUT2D eigenvalue weighted by Gasteiger charge is 2.41. The molecule has 192 valence electrons. The monoisotopic (exact) mass is 512 g/mol. The van der Waals surface area contributed by atoms with Crippen molar-refractivity contribution in [2.45, 2.75) is 49.4 Å². The van der Waals surface area contributed by atoms with Crippen molar-refractivity contribution in [2.24, 2.45) is 0 Å². The molecule has 2 aliphatic rings. The van der Waals surface area contributed by atoms with Crippen molar-refractivity contribution in [1.29, 1.82) is 0 Å². The molecule has 0 saturated carbocycles. The zero-order valence-corrected chi connectivity index (χ0v) is 21.7. The summed E-state index contributed by atoms with van der Waals surface area (Å²) in [6, 6.07) is 15.4. The van der Waals surface area contributed by atoms with Gasteiger partial charge in [-0.3, -0.25) is 0 Å². The smallest absolute Gasteiger partial charge is 0.240 e. The Balaban J connectivity index is 1.38. The second kappa shape index (κ2) is 11.0. The van der Waals surface area contributed by atoms with E-state index in [1.807, 2.05) is 65.8 Å².